The van der Waals surface area contributed by atoms with Gasteiger partial charge < -0.3 is 10.5 Å². The maximum absolute atomic E-state index is 6.54. The largest absolute Gasteiger partial charge is 0.373 e. The van der Waals surface area contributed by atoms with Crippen LogP contribution in [0.2, 0.25) is 0 Å². The minimum Gasteiger partial charge on any atom is -0.373 e. The Hall–Kier alpha value is -0.860. The fourth-order valence-electron chi connectivity index (χ4n) is 3.98. The molecule has 2 nitrogen and oxygen atoms in total. The first kappa shape index (κ1) is 15.1. The van der Waals surface area contributed by atoms with Crippen LogP contribution < -0.4 is 5.73 Å². The lowest BCUT2D eigenvalue weighted by Crippen LogP contribution is -2.35. The summed E-state index contributed by atoms with van der Waals surface area (Å²) in [5, 5.41) is 0. The number of benzene rings is 1. The third-order valence-electron chi connectivity index (χ3n) is 5.67. The molecule has 5 unspecified atom stereocenters. The van der Waals surface area contributed by atoms with Crippen molar-refractivity contribution in [2.24, 2.45) is 17.6 Å². The Morgan fingerprint density at radius 1 is 1.05 bits per heavy atom. The Kier molecular flexibility index (Phi) is 4.66. The van der Waals surface area contributed by atoms with E-state index in [1.807, 2.05) is 0 Å². The molecular formula is C19H29NO. The Morgan fingerprint density at radius 2 is 1.86 bits per heavy atom. The number of fused-ring (bicyclic) bond motifs is 1. The van der Waals surface area contributed by atoms with Crippen LogP contribution in [0.3, 0.4) is 0 Å². The summed E-state index contributed by atoms with van der Waals surface area (Å²) in [6, 6.07) is 8.68. The fraction of sp³-hybridized carbons (Fsp3) is 0.684. The Bertz CT molecular complexity index is 472. The smallest absolute Gasteiger partial charge is 0.0771 e. The van der Waals surface area contributed by atoms with Crippen LogP contribution in [0.5, 0.6) is 0 Å². The van der Waals surface area contributed by atoms with Gasteiger partial charge in [0.15, 0.2) is 0 Å². The highest BCUT2D eigenvalue weighted by atomic mass is 16.5. The molecule has 0 spiro atoms. The summed E-state index contributed by atoms with van der Waals surface area (Å²) in [4.78, 5) is 0. The molecule has 1 saturated carbocycles. The number of hydrogen-bond donors (Lipinski definition) is 1. The molecule has 0 radical (unpaired) electrons. The first-order valence-electron chi connectivity index (χ1n) is 8.64. The van der Waals surface area contributed by atoms with Crippen LogP contribution in [0.15, 0.2) is 24.3 Å². The molecule has 0 heterocycles. The van der Waals surface area contributed by atoms with Gasteiger partial charge in [0, 0.05) is 0 Å². The summed E-state index contributed by atoms with van der Waals surface area (Å²) in [5.74, 6) is 1.62. The van der Waals surface area contributed by atoms with E-state index < -0.39 is 0 Å². The number of ether oxygens (including phenoxy) is 1. The van der Waals surface area contributed by atoms with Crippen molar-refractivity contribution < 1.29 is 4.74 Å². The van der Waals surface area contributed by atoms with Crippen molar-refractivity contribution in [3.8, 4) is 0 Å². The summed E-state index contributed by atoms with van der Waals surface area (Å²) in [6.07, 6.45) is 7.73. The van der Waals surface area contributed by atoms with Crippen molar-refractivity contribution in [2.45, 2.75) is 70.6 Å². The first-order chi connectivity index (χ1) is 10.1. The summed E-state index contributed by atoms with van der Waals surface area (Å²) in [7, 11) is 0. The Morgan fingerprint density at radius 3 is 2.67 bits per heavy atom. The lowest BCUT2D eigenvalue weighted by atomic mass is 9.80. The molecule has 5 atom stereocenters. The van der Waals surface area contributed by atoms with Gasteiger partial charge in [-0.2, -0.15) is 0 Å². The van der Waals surface area contributed by atoms with Crippen LogP contribution in [-0.4, -0.2) is 12.2 Å². The van der Waals surface area contributed by atoms with Gasteiger partial charge in [0.1, 0.15) is 0 Å². The quantitative estimate of drug-likeness (QED) is 0.826. The average Bonchev–Trinajstić information content (AvgIpc) is 2.64. The standard InChI is InChI=1S/C19H29NO/c1-13-10-11-16(12-14(13)2)21-18-9-5-7-15-6-3-4-8-17(15)19(18)20/h3-4,6,8,13-14,16,18-19H,5,7,9-12,20H2,1-2H3. The molecule has 0 saturated heterocycles. The lowest BCUT2D eigenvalue weighted by Gasteiger charge is -2.35. The molecule has 0 bridgehead atoms. The van der Waals surface area contributed by atoms with Gasteiger partial charge in [0.25, 0.3) is 0 Å². The maximum Gasteiger partial charge on any atom is 0.0771 e. The molecule has 1 aromatic rings. The third kappa shape index (κ3) is 3.32. The van der Waals surface area contributed by atoms with Gasteiger partial charge in [-0.3, -0.25) is 0 Å². The van der Waals surface area contributed by atoms with Crippen molar-refractivity contribution >= 4 is 0 Å². The van der Waals surface area contributed by atoms with E-state index in [1.165, 1.54) is 36.8 Å². The molecular weight excluding hydrogens is 258 g/mol. The van der Waals surface area contributed by atoms with Crippen LogP contribution in [0.4, 0.5) is 0 Å². The van der Waals surface area contributed by atoms with Crippen molar-refractivity contribution in [1.82, 2.24) is 0 Å². The van der Waals surface area contributed by atoms with Gasteiger partial charge in [-0.05, 0) is 61.5 Å². The van der Waals surface area contributed by atoms with Crippen LogP contribution in [0, 0.1) is 11.8 Å². The van der Waals surface area contributed by atoms with E-state index in [9.17, 15) is 0 Å². The van der Waals surface area contributed by atoms with Crippen molar-refractivity contribution in [2.75, 3.05) is 0 Å². The van der Waals surface area contributed by atoms with Gasteiger partial charge >= 0.3 is 0 Å². The Balaban J connectivity index is 1.68. The zero-order chi connectivity index (χ0) is 14.8. The highest BCUT2D eigenvalue weighted by Gasteiger charge is 2.31. The van der Waals surface area contributed by atoms with Crippen LogP contribution in [0.1, 0.15) is 63.1 Å². The van der Waals surface area contributed by atoms with Crippen LogP contribution >= 0.6 is 0 Å². The molecule has 116 valence electrons. The Labute approximate surface area is 129 Å². The zero-order valence-corrected chi connectivity index (χ0v) is 13.4. The molecule has 0 aromatic heterocycles. The van der Waals surface area contributed by atoms with E-state index in [0.29, 0.717) is 6.10 Å². The SMILES string of the molecule is CC1CCC(OC2CCCc3ccccc3C2N)CC1C. The second-order valence-electron chi connectivity index (χ2n) is 7.18. The van der Waals surface area contributed by atoms with Gasteiger partial charge in [-0.1, -0.05) is 38.1 Å². The molecule has 2 heteroatoms. The highest BCUT2D eigenvalue weighted by molar-refractivity contribution is 5.31. The fourth-order valence-corrected chi connectivity index (χ4v) is 3.98. The average molecular weight is 287 g/mol. The van der Waals surface area contributed by atoms with E-state index in [0.717, 1.165) is 24.7 Å². The number of aryl methyl sites for hydroxylation is 1. The lowest BCUT2D eigenvalue weighted by molar-refractivity contribution is -0.0602. The first-order valence-corrected chi connectivity index (χ1v) is 8.64. The van der Waals surface area contributed by atoms with Gasteiger partial charge in [0.05, 0.1) is 18.2 Å². The molecule has 1 aromatic carbocycles. The van der Waals surface area contributed by atoms with E-state index >= 15 is 0 Å². The second kappa shape index (κ2) is 6.50. The maximum atomic E-state index is 6.54. The van der Waals surface area contributed by atoms with E-state index in [-0.39, 0.29) is 12.1 Å². The molecule has 1 fully saturated rings. The van der Waals surface area contributed by atoms with Crippen molar-refractivity contribution in [1.29, 1.82) is 0 Å². The van der Waals surface area contributed by atoms with Gasteiger partial charge in [0.2, 0.25) is 0 Å². The summed E-state index contributed by atoms with van der Waals surface area (Å²) >= 11 is 0. The molecule has 2 aliphatic rings. The third-order valence-corrected chi connectivity index (χ3v) is 5.67. The van der Waals surface area contributed by atoms with Gasteiger partial charge in [-0.25, -0.2) is 0 Å². The number of nitrogens with two attached hydrogens (primary N) is 1. The minimum atomic E-state index is 0.0401. The van der Waals surface area contributed by atoms with Crippen LogP contribution in [0.25, 0.3) is 0 Å². The van der Waals surface area contributed by atoms with Crippen LogP contribution in [-0.2, 0) is 11.2 Å². The highest BCUT2D eigenvalue weighted by Crippen LogP contribution is 2.35. The molecule has 3 rings (SSSR count). The normalized spacial score (nSPS) is 36.8. The number of rotatable bonds is 2. The van der Waals surface area contributed by atoms with E-state index in [2.05, 4.69) is 38.1 Å². The van der Waals surface area contributed by atoms with Crippen molar-refractivity contribution in [3.05, 3.63) is 35.4 Å². The second-order valence-corrected chi connectivity index (χ2v) is 7.18. The predicted molar refractivity (Wildman–Crippen MR) is 87.1 cm³/mol. The predicted octanol–water partition coefficient (Wildman–Crippen LogP) is 4.23. The monoisotopic (exact) mass is 287 g/mol. The van der Waals surface area contributed by atoms with E-state index in [4.69, 9.17) is 10.5 Å². The van der Waals surface area contributed by atoms with Crippen molar-refractivity contribution in [3.63, 3.8) is 0 Å². The van der Waals surface area contributed by atoms with Gasteiger partial charge in [-0.15, -0.1) is 0 Å². The molecule has 0 aliphatic heterocycles. The number of hydrogen-bond acceptors (Lipinski definition) is 2. The molecule has 0 amide bonds. The zero-order valence-electron chi connectivity index (χ0n) is 13.4. The summed E-state index contributed by atoms with van der Waals surface area (Å²) in [6.45, 7) is 4.73. The summed E-state index contributed by atoms with van der Waals surface area (Å²) < 4.78 is 6.48. The molecule has 2 N–H and O–H groups in total. The van der Waals surface area contributed by atoms with E-state index in [1.54, 1.807) is 0 Å². The minimum absolute atomic E-state index is 0.0401. The molecule has 21 heavy (non-hydrogen) atoms. The topological polar surface area (TPSA) is 35.2 Å². The molecule has 2 aliphatic carbocycles. The summed E-state index contributed by atoms with van der Waals surface area (Å²) in [5.41, 5.74) is 9.27.